The third-order valence-corrected chi connectivity index (χ3v) is 2.57. The molecule has 0 spiro atoms. The maximum Gasteiger partial charge on any atom is 0.247 e. The number of carbonyl (C=O) groups excluding carboxylic acids is 1. The van der Waals surface area contributed by atoms with E-state index in [1.165, 1.54) is 24.3 Å². The Kier molecular flexibility index (Phi) is 4.01. The standard InChI is InChI=1S/C14H9F2N3O/c15-9-5-6-12(18-8-9)10(7-17)14(20)19-13-4-2-1-3-11(13)16/h1-6,8,10H,(H,19,20)/t10-/m1/s1. The molecule has 1 aromatic heterocycles. The largest absolute Gasteiger partial charge is 0.322 e. The maximum atomic E-state index is 13.4. The van der Waals surface area contributed by atoms with Crippen molar-refractivity contribution in [3.05, 3.63) is 59.9 Å². The normalized spacial score (nSPS) is 11.4. The van der Waals surface area contributed by atoms with E-state index in [0.29, 0.717) is 0 Å². The number of hydrogen-bond acceptors (Lipinski definition) is 3. The number of benzene rings is 1. The van der Waals surface area contributed by atoms with Crippen molar-refractivity contribution in [1.29, 1.82) is 5.26 Å². The van der Waals surface area contributed by atoms with Crippen LogP contribution >= 0.6 is 0 Å². The lowest BCUT2D eigenvalue weighted by Crippen LogP contribution is -2.21. The fourth-order valence-electron chi connectivity index (χ4n) is 1.58. The van der Waals surface area contributed by atoms with Gasteiger partial charge < -0.3 is 5.32 Å². The highest BCUT2D eigenvalue weighted by atomic mass is 19.1. The van der Waals surface area contributed by atoms with Crippen LogP contribution in [0.2, 0.25) is 0 Å². The molecule has 100 valence electrons. The number of nitriles is 1. The van der Waals surface area contributed by atoms with Crippen molar-refractivity contribution in [3.63, 3.8) is 0 Å². The van der Waals surface area contributed by atoms with Crippen LogP contribution in [0.1, 0.15) is 11.6 Å². The molecule has 1 N–H and O–H groups in total. The summed E-state index contributed by atoms with van der Waals surface area (Å²) < 4.78 is 26.2. The number of halogens is 2. The van der Waals surface area contributed by atoms with Crippen LogP contribution in [0, 0.1) is 23.0 Å². The zero-order chi connectivity index (χ0) is 14.5. The molecule has 20 heavy (non-hydrogen) atoms. The van der Waals surface area contributed by atoms with Gasteiger partial charge in [0, 0.05) is 0 Å². The first kappa shape index (κ1) is 13.6. The van der Waals surface area contributed by atoms with Gasteiger partial charge in [-0.15, -0.1) is 0 Å². The van der Waals surface area contributed by atoms with E-state index < -0.39 is 23.5 Å². The summed E-state index contributed by atoms with van der Waals surface area (Å²) >= 11 is 0. The Morgan fingerprint density at radius 1 is 1.25 bits per heavy atom. The second kappa shape index (κ2) is 5.89. The van der Waals surface area contributed by atoms with Crippen LogP contribution in [0.15, 0.2) is 42.6 Å². The molecule has 0 aliphatic carbocycles. The van der Waals surface area contributed by atoms with Crippen molar-refractivity contribution >= 4 is 11.6 Å². The lowest BCUT2D eigenvalue weighted by atomic mass is 10.1. The third kappa shape index (κ3) is 2.95. The number of nitrogens with zero attached hydrogens (tertiary/aromatic N) is 2. The van der Waals surface area contributed by atoms with Gasteiger partial charge in [0.2, 0.25) is 5.91 Å². The van der Waals surface area contributed by atoms with Crippen LogP contribution in [-0.4, -0.2) is 10.9 Å². The molecular weight excluding hydrogens is 264 g/mol. The minimum absolute atomic E-state index is 0.0279. The Hall–Kier alpha value is -2.81. The van der Waals surface area contributed by atoms with Gasteiger partial charge in [0.25, 0.3) is 0 Å². The van der Waals surface area contributed by atoms with E-state index in [1.807, 2.05) is 0 Å². The summed E-state index contributed by atoms with van der Waals surface area (Å²) in [5, 5.41) is 11.3. The molecule has 0 bridgehead atoms. The summed E-state index contributed by atoms with van der Waals surface area (Å²) in [4.78, 5) is 15.6. The number of nitrogens with one attached hydrogen (secondary N) is 1. The van der Waals surface area contributed by atoms with E-state index in [2.05, 4.69) is 10.3 Å². The van der Waals surface area contributed by atoms with Gasteiger partial charge in [-0.1, -0.05) is 12.1 Å². The molecule has 2 aromatic rings. The van der Waals surface area contributed by atoms with Gasteiger partial charge in [0.1, 0.15) is 11.6 Å². The average Bonchev–Trinajstić information content (AvgIpc) is 2.44. The van der Waals surface area contributed by atoms with Gasteiger partial charge in [0.15, 0.2) is 5.92 Å². The van der Waals surface area contributed by atoms with Crippen LogP contribution in [0.4, 0.5) is 14.5 Å². The monoisotopic (exact) mass is 273 g/mol. The minimum atomic E-state index is -1.24. The van der Waals surface area contributed by atoms with Crippen molar-refractivity contribution in [2.75, 3.05) is 5.32 Å². The van der Waals surface area contributed by atoms with Crippen LogP contribution in [-0.2, 0) is 4.79 Å². The van der Waals surface area contributed by atoms with Gasteiger partial charge in [-0.25, -0.2) is 8.78 Å². The number of para-hydroxylation sites is 1. The molecule has 0 unspecified atom stereocenters. The summed E-state index contributed by atoms with van der Waals surface area (Å²) in [5.74, 6) is -3.14. The Bertz CT molecular complexity index is 665. The number of hydrogen-bond donors (Lipinski definition) is 1. The molecule has 0 aliphatic rings. The first-order valence-corrected chi connectivity index (χ1v) is 5.68. The van der Waals surface area contributed by atoms with Crippen molar-refractivity contribution in [2.45, 2.75) is 5.92 Å². The van der Waals surface area contributed by atoms with E-state index >= 15 is 0 Å². The van der Waals surface area contributed by atoms with Crippen molar-refractivity contribution in [1.82, 2.24) is 4.98 Å². The lowest BCUT2D eigenvalue weighted by Gasteiger charge is -2.10. The fourth-order valence-corrected chi connectivity index (χ4v) is 1.58. The zero-order valence-electron chi connectivity index (χ0n) is 10.2. The summed E-state index contributed by atoms with van der Waals surface area (Å²) in [5.41, 5.74) is 0.0719. The molecule has 0 radical (unpaired) electrons. The molecule has 0 aliphatic heterocycles. The van der Waals surface area contributed by atoms with Gasteiger partial charge in [-0.2, -0.15) is 5.26 Å². The van der Waals surface area contributed by atoms with Crippen molar-refractivity contribution in [3.8, 4) is 6.07 Å². The van der Waals surface area contributed by atoms with E-state index in [0.717, 1.165) is 12.3 Å². The summed E-state index contributed by atoms with van der Waals surface area (Å²) in [7, 11) is 0. The molecule has 0 saturated heterocycles. The van der Waals surface area contributed by atoms with Crippen molar-refractivity contribution in [2.24, 2.45) is 0 Å². The highest BCUT2D eigenvalue weighted by Crippen LogP contribution is 2.18. The molecule has 6 heteroatoms. The van der Waals surface area contributed by atoms with Gasteiger partial charge in [-0.05, 0) is 24.3 Å². The van der Waals surface area contributed by atoms with Crippen molar-refractivity contribution < 1.29 is 13.6 Å². The molecule has 1 aromatic carbocycles. The predicted molar refractivity (Wildman–Crippen MR) is 67.6 cm³/mol. The first-order valence-electron chi connectivity index (χ1n) is 5.68. The highest BCUT2D eigenvalue weighted by Gasteiger charge is 2.22. The molecule has 4 nitrogen and oxygen atoms in total. The number of aromatic nitrogens is 1. The topological polar surface area (TPSA) is 65.8 Å². The molecule has 2 rings (SSSR count). The number of anilines is 1. The molecular formula is C14H9F2N3O. The van der Waals surface area contributed by atoms with Crippen LogP contribution in [0.5, 0.6) is 0 Å². The first-order chi connectivity index (χ1) is 9.61. The Balaban J connectivity index is 2.20. The van der Waals surface area contributed by atoms with Gasteiger partial charge in [0.05, 0.1) is 23.6 Å². The smallest absolute Gasteiger partial charge is 0.247 e. The minimum Gasteiger partial charge on any atom is -0.322 e. The second-order valence-corrected chi connectivity index (χ2v) is 3.93. The molecule has 1 atom stereocenters. The van der Waals surface area contributed by atoms with E-state index in [9.17, 15) is 13.6 Å². The average molecular weight is 273 g/mol. The number of carbonyl (C=O) groups is 1. The SMILES string of the molecule is N#C[C@@H](C(=O)Nc1ccccc1F)c1ccc(F)cn1. The molecule has 0 fully saturated rings. The van der Waals surface area contributed by atoms with E-state index in [-0.39, 0.29) is 11.4 Å². The number of rotatable bonds is 3. The van der Waals surface area contributed by atoms with Gasteiger partial charge in [-0.3, -0.25) is 9.78 Å². The van der Waals surface area contributed by atoms with E-state index in [1.54, 1.807) is 12.1 Å². The summed E-state index contributed by atoms with van der Waals surface area (Å²) in [6.07, 6.45) is 0.913. The summed E-state index contributed by atoms with van der Waals surface area (Å²) in [6, 6.07) is 9.69. The van der Waals surface area contributed by atoms with Crippen LogP contribution < -0.4 is 5.32 Å². The fraction of sp³-hybridized carbons (Fsp3) is 0.0714. The van der Waals surface area contributed by atoms with Crippen LogP contribution in [0.3, 0.4) is 0 Å². The highest BCUT2D eigenvalue weighted by molar-refractivity contribution is 5.97. The lowest BCUT2D eigenvalue weighted by molar-refractivity contribution is -0.116. The number of amides is 1. The third-order valence-electron chi connectivity index (χ3n) is 2.57. The second-order valence-electron chi connectivity index (χ2n) is 3.93. The zero-order valence-corrected chi connectivity index (χ0v) is 10.2. The Morgan fingerprint density at radius 2 is 2.00 bits per heavy atom. The number of pyridine rings is 1. The summed E-state index contributed by atoms with van der Waals surface area (Å²) in [6.45, 7) is 0. The van der Waals surface area contributed by atoms with E-state index in [4.69, 9.17) is 5.26 Å². The molecule has 1 heterocycles. The maximum absolute atomic E-state index is 13.4. The molecule has 1 amide bonds. The van der Waals surface area contributed by atoms with Gasteiger partial charge >= 0.3 is 0 Å². The predicted octanol–water partition coefficient (Wildman–Crippen LogP) is 2.61. The van der Waals surface area contributed by atoms with Crippen LogP contribution in [0.25, 0.3) is 0 Å². The quantitative estimate of drug-likeness (QED) is 0.934. The Labute approximate surface area is 113 Å². The molecule has 0 saturated carbocycles. The Morgan fingerprint density at radius 3 is 2.60 bits per heavy atom.